The molecule has 2 aromatic rings. The van der Waals surface area contributed by atoms with Crippen LogP contribution in [0.5, 0.6) is 0 Å². The molecular formula is C19H20N2O2. The highest BCUT2D eigenvalue weighted by atomic mass is 16.5. The summed E-state index contributed by atoms with van der Waals surface area (Å²) in [6, 6.07) is 8.28. The highest BCUT2D eigenvalue weighted by molar-refractivity contribution is 5.86. The quantitative estimate of drug-likeness (QED) is 0.695. The summed E-state index contributed by atoms with van der Waals surface area (Å²) in [7, 11) is 3.36. The number of aromatic nitrogens is 1. The van der Waals surface area contributed by atoms with Crippen LogP contribution in [0.15, 0.2) is 60.5 Å². The van der Waals surface area contributed by atoms with E-state index in [0.29, 0.717) is 0 Å². The molecule has 0 aliphatic carbocycles. The van der Waals surface area contributed by atoms with Crippen LogP contribution >= 0.6 is 0 Å². The third-order valence-corrected chi connectivity index (χ3v) is 4.09. The number of H-pyrrole nitrogens is 1. The van der Waals surface area contributed by atoms with Gasteiger partial charge >= 0.3 is 5.97 Å². The number of nitrogens with one attached hydrogen (secondary N) is 1. The van der Waals surface area contributed by atoms with Crippen molar-refractivity contribution in [1.82, 2.24) is 9.88 Å². The maximum absolute atomic E-state index is 11.4. The number of rotatable bonds is 3. The Morgan fingerprint density at radius 1 is 1.35 bits per heavy atom. The van der Waals surface area contributed by atoms with Crippen LogP contribution in [0.3, 0.4) is 0 Å². The molecule has 0 amide bonds. The number of para-hydroxylation sites is 1. The number of aromatic amines is 1. The molecule has 118 valence electrons. The fourth-order valence-electron chi connectivity index (χ4n) is 3.03. The maximum atomic E-state index is 11.4. The number of carbonyl (C=O) groups excluding carboxylic acids is 1. The predicted molar refractivity (Wildman–Crippen MR) is 91.9 cm³/mol. The zero-order chi connectivity index (χ0) is 16.4. The van der Waals surface area contributed by atoms with E-state index in [0.717, 1.165) is 16.8 Å². The predicted octanol–water partition coefficient (Wildman–Crippen LogP) is 3.63. The number of aryl methyl sites for hydroxylation is 1. The molecule has 0 bridgehead atoms. The normalized spacial score (nSPS) is 17.8. The second-order valence-corrected chi connectivity index (χ2v) is 5.68. The molecule has 4 nitrogen and oxygen atoms in total. The molecule has 0 saturated heterocycles. The Morgan fingerprint density at radius 2 is 2.13 bits per heavy atom. The Labute approximate surface area is 135 Å². The van der Waals surface area contributed by atoms with Crippen molar-refractivity contribution in [3.8, 4) is 0 Å². The van der Waals surface area contributed by atoms with E-state index in [1.165, 1.54) is 24.1 Å². The minimum absolute atomic E-state index is 0.100. The van der Waals surface area contributed by atoms with Gasteiger partial charge in [0.1, 0.15) is 0 Å². The number of ether oxygens (including phenoxy) is 1. The topological polar surface area (TPSA) is 45.3 Å². The Kier molecular flexibility index (Phi) is 4.06. The Bertz CT molecular complexity index is 827. The van der Waals surface area contributed by atoms with Crippen LogP contribution in [0.1, 0.15) is 17.2 Å². The van der Waals surface area contributed by atoms with Gasteiger partial charge in [0.2, 0.25) is 0 Å². The number of carbonyl (C=O) groups is 1. The number of methoxy groups -OCH3 is 1. The summed E-state index contributed by atoms with van der Waals surface area (Å²) < 4.78 is 4.70. The summed E-state index contributed by atoms with van der Waals surface area (Å²) in [5.74, 6) is -0.249. The molecule has 0 spiro atoms. The Hall–Kier alpha value is -2.75. The molecule has 1 N–H and O–H groups in total. The molecule has 1 aliphatic rings. The van der Waals surface area contributed by atoms with E-state index in [9.17, 15) is 4.79 Å². The van der Waals surface area contributed by atoms with Gasteiger partial charge in [0.25, 0.3) is 0 Å². The van der Waals surface area contributed by atoms with Crippen molar-refractivity contribution in [3.63, 3.8) is 0 Å². The van der Waals surface area contributed by atoms with Gasteiger partial charge in [0, 0.05) is 48.0 Å². The summed E-state index contributed by atoms with van der Waals surface area (Å²) in [4.78, 5) is 16.9. The van der Waals surface area contributed by atoms with Gasteiger partial charge in [-0.1, -0.05) is 24.3 Å². The monoisotopic (exact) mass is 308 g/mol. The third-order valence-electron chi connectivity index (χ3n) is 4.09. The van der Waals surface area contributed by atoms with Crippen LogP contribution < -0.4 is 0 Å². The maximum Gasteiger partial charge on any atom is 0.330 e. The zero-order valence-corrected chi connectivity index (χ0v) is 13.5. The lowest BCUT2D eigenvalue weighted by Crippen LogP contribution is -2.12. The Balaban J connectivity index is 2.06. The highest BCUT2D eigenvalue weighted by Crippen LogP contribution is 2.36. The van der Waals surface area contributed by atoms with E-state index in [-0.39, 0.29) is 11.9 Å². The second kappa shape index (κ2) is 6.16. The average molecular weight is 308 g/mol. The average Bonchev–Trinajstić information content (AvgIpc) is 2.88. The first-order chi connectivity index (χ1) is 11.1. The lowest BCUT2D eigenvalue weighted by Gasteiger charge is -2.23. The summed E-state index contributed by atoms with van der Waals surface area (Å²) in [5, 5.41) is 1.21. The van der Waals surface area contributed by atoms with Crippen LogP contribution in [0.2, 0.25) is 0 Å². The SMILES string of the molecule is COC(=O)/C=C/C1=CN(C)C=CC1c1c(C)[nH]c2ccccc12. The van der Waals surface area contributed by atoms with Gasteiger partial charge in [0.15, 0.2) is 0 Å². The largest absolute Gasteiger partial charge is 0.466 e. The first-order valence-electron chi connectivity index (χ1n) is 7.55. The first-order valence-corrected chi connectivity index (χ1v) is 7.55. The van der Waals surface area contributed by atoms with Crippen molar-refractivity contribution >= 4 is 16.9 Å². The molecule has 1 atom stereocenters. The molecular weight excluding hydrogens is 288 g/mol. The summed E-state index contributed by atoms with van der Waals surface area (Å²) >= 11 is 0. The molecule has 1 unspecified atom stereocenters. The van der Waals surface area contributed by atoms with Crippen LogP contribution in [-0.4, -0.2) is 30.0 Å². The summed E-state index contributed by atoms with van der Waals surface area (Å²) in [6.45, 7) is 2.09. The molecule has 0 fully saturated rings. The van der Waals surface area contributed by atoms with Gasteiger partial charge in [-0.15, -0.1) is 0 Å². The van der Waals surface area contributed by atoms with Crippen LogP contribution in [0.25, 0.3) is 10.9 Å². The van der Waals surface area contributed by atoms with Gasteiger partial charge in [0.05, 0.1) is 7.11 Å². The first kappa shape index (κ1) is 15.2. The van der Waals surface area contributed by atoms with E-state index in [1.54, 1.807) is 0 Å². The van der Waals surface area contributed by atoms with E-state index in [2.05, 4.69) is 30.1 Å². The fraction of sp³-hybridized carbons (Fsp3) is 0.211. The van der Waals surface area contributed by atoms with Gasteiger partial charge < -0.3 is 14.6 Å². The van der Waals surface area contributed by atoms with Crippen LogP contribution in [0.4, 0.5) is 0 Å². The van der Waals surface area contributed by atoms with Gasteiger partial charge in [-0.2, -0.15) is 0 Å². The van der Waals surface area contributed by atoms with Crippen molar-refractivity contribution < 1.29 is 9.53 Å². The lowest BCUT2D eigenvalue weighted by atomic mass is 9.87. The van der Waals surface area contributed by atoms with Crippen molar-refractivity contribution in [1.29, 1.82) is 0 Å². The molecule has 1 aliphatic heterocycles. The van der Waals surface area contributed by atoms with E-state index < -0.39 is 0 Å². The molecule has 0 saturated carbocycles. The Morgan fingerprint density at radius 3 is 2.91 bits per heavy atom. The van der Waals surface area contributed by atoms with Crippen molar-refractivity contribution in [3.05, 3.63) is 71.7 Å². The van der Waals surface area contributed by atoms with Crippen molar-refractivity contribution in [2.75, 3.05) is 14.2 Å². The number of hydrogen-bond donors (Lipinski definition) is 1. The zero-order valence-electron chi connectivity index (χ0n) is 13.5. The minimum atomic E-state index is -0.350. The third kappa shape index (κ3) is 2.93. The van der Waals surface area contributed by atoms with E-state index in [1.807, 2.05) is 42.6 Å². The number of esters is 1. The van der Waals surface area contributed by atoms with E-state index in [4.69, 9.17) is 4.74 Å². The van der Waals surface area contributed by atoms with Gasteiger partial charge in [-0.05, 0) is 30.2 Å². The van der Waals surface area contributed by atoms with E-state index >= 15 is 0 Å². The minimum Gasteiger partial charge on any atom is -0.466 e. The lowest BCUT2D eigenvalue weighted by molar-refractivity contribution is -0.134. The molecule has 3 rings (SSSR count). The standard InChI is InChI=1S/C19H20N2O2/c1-13-19(16-6-4-5-7-17(16)20-13)15-10-11-21(2)12-14(15)8-9-18(22)23-3/h4-12,15,20H,1-3H3/b9-8+. The van der Waals surface area contributed by atoms with Crippen molar-refractivity contribution in [2.24, 2.45) is 0 Å². The number of benzene rings is 1. The summed E-state index contributed by atoms with van der Waals surface area (Å²) in [5.41, 5.74) is 4.56. The van der Waals surface area contributed by atoms with Gasteiger partial charge in [-0.3, -0.25) is 0 Å². The summed E-state index contributed by atoms with van der Waals surface area (Å²) in [6.07, 6.45) is 9.53. The highest BCUT2D eigenvalue weighted by Gasteiger charge is 2.21. The number of hydrogen-bond acceptors (Lipinski definition) is 3. The molecule has 0 radical (unpaired) electrons. The molecule has 1 aromatic carbocycles. The van der Waals surface area contributed by atoms with Crippen LogP contribution in [-0.2, 0) is 9.53 Å². The molecule has 1 aromatic heterocycles. The number of fused-ring (bicyclic) bond motifs is 1. The number of nitrogens with zero attached hydrogens (tertiary/aromatic N) is 1. The molecule has 2 heterocycles. The molecule has 23 heavy (non-hydrogen) atoms. The second-order valence-electron chi connectivity index (χ2n) is 5.68. The number of allylic oxidation sites excluding steroid dienone is 3. The van der Waals surface area contributed by atoms with Crippen LogP contribution in [0, 0.1) is 6.92 Å². The van der Waals surface area contributed by atoms with Crippen molar-refractivity contribution in [2.45, 2.75) is 12.8 Å². The van der Waals surface area contributed by atoms with Gasteiger partial charge in [-0.25, -0.2) is 4.79 Å². The smallest absolute Gasteiger partial charge is 0.330 e. The molecule has 4 heteroatoms. The fourth-order valence-corrected chi connectivity index (χ4v) is 3.03.